The molecule has 1 saturated carbocycles. The first kappa shape index (κ1) is 27.2. The monoisotopic (exact) mass is 583 g/mol. The van der Waals surface area contributed by atoms with Gasteiger partial charge in [-0.3, -0.25) is 14.4 Å². The van der Waals surface area contributed by atoms with Gasteiger partial charge >= 0.3 is 12.1 Å². The van der Waals surface area contributed by atoms with Crippen LogP contribution < -0.4 is 10.6 Å². The molecule has 8 nitrogen and oxygen atoms in total. The molecule has 0 saturated heterocycles. The van der Waals surface area contributed by atoms with Crippen LogP contribution >= 0.6 is 0 Å². The molecule has 3 aromatic carbocycles. The first-order valence-corrected chi connectivity index (χ1v) is 12.7. The van der Waals surface area contributed by atoms with Crippen molar-refractivity contribution in [2.24, 2.45) is 4.99 Å². The van der Waals surface area contributed by atoms with Crippen molar-refractivity contribution in [1.29, 1.82) is 0 Å². The molecule has 0 atom stereocenters. The van der Waals surface area contributed by atoms with Gasteiger partial charge in [-0.1, -0.05) is 0 Å². The van der Waals surface area contributed by atoms with Crippen LogP contribution in [0.2, 0.25) is 0 Å². The minimum absolute atomic E-state index is 0.00767. The first-order chi connectivity index (χ1) is 19.9. The number of ether oxygens (including phenoxy) is 1. The molecule has 0 radical (unpaired) electrons. The van der Waals surface area contributed by atoms with Crippen LogP contribution in [0, 0.1) is 11.6 Å². The standard InChI is InChI=1S/C29H18F5N3O5/c30-15-7-12(6-14(10-15)29(32,33)34)26(39)36-21-9-13(25(38)35-16-2-1-3-16)8-18-23(21)24(37-27(18)40)17-4-5-20(31)19-11-42-28(41)22(17)19/h4-10,16H,1-3,11H2,(H,35,38)(H,36,39). The van der Waals surface area contributed by atoms with Crippen LogP contribution in [-0.4, -0.2) is 35.4 Å². The average Bonchev–Trinajstić information content (AvgIpc) is 3.46. The van der Waals surface area contributed by atoms with Gasteiger partial charge in [0.25, 0.3) is 17.7 Å². The highest BCUT2D eigenvalue weighted by Gasteiger charge is 2.37. The number of anilines is 1. The quantitative estimate of drug-likeness (QED) is 0.318. The summed E-state index contributed by atoms with van der Waals surface area (Å²) in [6.45, 7) is -0.354. The Balaban J connectivity index is 1.47. The number of carbonyl (C=O) groups is 4. The van der Waals surface area contributed by atoms with Gasteiger partial charge in [0.15, 0.2) is 0 Å². The van der Waals surface area contributed by atoms with Gasteiger partial charge in [0, 0.05) is 33.9 Å². The summed E-state index contributed by atoms with van der Waals surface area (Å²) >= 11 is 0. The van der Waals surface area contributed by atoms with Crippen LogP contribution in [0.15, 0.2) is 47.5 Å². The van der Waals surface area contributed by atoms with Crippen LogP contribution in [0.5, 0.6) is 0 Å². The van der Waals surface area contributed by atoms with Crippen molar-refractivity contribution < 1.29 is 45.9 Å². The summed E-state index contributed by atoms with van der Waals surface area (Å²) in [7, 11) is 0. The fraction of sp³-hybridized carbons (Fsp3) is 0.207. The molecule has 0 aromatic heterocycles. The number of alkyl halides is 3. The third-order valence-corrected chi connectivity index (χ3v) is 7.32. The molecule has 3 aromatic rings. The number of cyclic esters (lactones) is 1. The Bertz CT molecular complexity index is 1760. The second-order valence-corrected chi connectivity index (χ2v) is 10.0. The summed E-state index contributed by atoms with van der Waals surface area (Å²) < 4.78 is 73.3. The summed E-state index contributed by atoms with van der Waals surface area (Å²) in [4.78, 5) is 55.7. The van der Waals surface area contributed by atoms with Crippen molar-refractivity contribution >= 4 is 35.1 Å². The maximum atomic E-state index is 14.4. The Kier molecular flexibility index (Phi) is 6.39. The van der Waals surface area contributed by atoms with Crippen LogP contribution in [-0.2, 0) is 17.5 Å². The summed E-state index contributed by atoms with van der Waals surface area (Å²) in [6.07, 6.45) is -2.52. The van der Waals surface area contributed by atoms with Crippen molar-refractivity contribution in [3.05, 3.63) is 98.6 Å². The number of halogens is 5. The van der Waals surface area contributed by atoms with Crippen molar-refractivity contribution in [3.8, 4) is 0 Å². The Hall–Kier alpha value is -4.94. The van der Waals surface area contributed by atoms with Gasteiger partial charge in [0.1, 0.15) is 18.2 Å². The number of nitrogens with zero attached hydrogens (tertiary/aromatic N) is 1. The van der Waals surface area contributed by atoms with Crippen molar-refractivity contribution in [2.45, 2.75) is 38.1 Å². The Labute approximate surface area is 233 Å². The highest BCUT2D eigenvalue weighted by atomic mass is 19.4. The predicted molar refractivity (Wildman–Crippen MR) is 136 cm³/mol. The maximum absolute atomic E-state index is 14.4. The van der Waals surface area contributed by atoms with E-state index in [2.05, 4.69) is 15.6 Å². The molecule has 6 rings (SSSR count). The van der Waals surface area contributed by atoms with Crippen LogP contribution in [0.1, 0.15) is 82.9 Å². The number of aliphatic imine (C=N–C) groups is 1. The molecule has 1 fully saturated rings. The fourth-order valence-electron chi connectivity index (χ4n) is 5.01. The van der Waals surface area contributed by atoms with Gasteiger partial charge in [-0.15, -0.1) is 0 Å². The van der Waals surface area contributed by atoms with E-state index in [0.717, 1.165) is 25.3 Å². The minimum Gasteiger partial charge on any atom is -0.457 e. The van der Waals surface area contributed by atoms with E-state index in [9.17, 15) is 41.1 Å². The SMILES string of the molecule is O=C(Nc1cc(C(=O)NC2CCC2)cc2c1C(c1ccc(F)c3c1C(=O)OC3)=NC2=O)c1cc(F)cc(C(F)(F)F)c1. The third kappa shape index (κ3) is 4.70. The van der Waals surface area contributed by atoms with Gasteiger partial charge in [0.2, 0.25) is 0 Å². The van der Waals surface area contributed by atoms with E-state index in [1.807, 2.05) is 0 Å². The van der Waals surface area contributed by atoms with Crippen molar-refractivity contribution in [2.75, 3.05) is 5.32 Å². The second-order valence-electron chi connectivity index (χ2n) is 10.0. The van der Waals surface area contributed by atoms with E-state index in [4.69, 9.17) is 4.74 Å². The average molecular weight is 583 g/mol. The molecular weight excluding hydrogens is 565 g/mol. The number of fused-ring (bicyclic) bond motifs is 2. The zero-order chi connectivity index (χ0) is 29.9. The number of nitrogens with one attached hydrogen (secondary N) is 2. The van der Waals surface area contributed by atoms with Gasteiger partial charge in [0.05, 0.1) is 28.1 Å². The van der Waals surface area contributed by atoms with Crippen LogP contribution in [0.3, 0.4) is 0 Å². The van der Waals surface area contributed by atoms with Crippen molar-refractivity contribution in [1.82, 2.24) is 5.32 Å². The number of esters is 1. The van der Waals surface area contributed by atoms with E-state index < -0.39 is 52.6 Å². The van der Waals surface area contributed by atoms with E-state index in [1.165, 1.54) is 18.2 Å². The number of benzene rings is 3. The number of amides is 3. The van der Waals surface area contributed by atoms with Gasteiger partial charge in [-0.25, -0.2) is 18.6 Å². The second kappa shape index (κ2) is 9.86. The lowest BCUT2D eigenvalue weighted by Crippen LogP contribution is -2.39. The Morgan fingerprint density at radius 2 is 1.64 bits per heavy atom. The van der Waals surface area contributed by atoms with E-state index in [1.54, 1.807) is 0 Å². The van der Waals surface area contributed by atoms with Crippen LogP contribution in [0.25, 0.3) is 0 Å². The zero-order valence-electron chi connectivity index (χ0n) is 21.3. The fourth-order valence-corrected chi connectivity index (χ4v) is 5.01. The van der Waals surface area contributed by atoms with Crippen LogP contribution in [0.4, 0.5) is 27.6 Å². The molecule has 0 bridgehead atoms. The molecule has 42 heavy (non-hydrogen) atoms. The van der Waals surface area contributed by atoms with Crippen molar-refractivity contribution in [3.63, 3.8) is 0 Å². The predicted octanol–water partition coefficient (Wildman–Crippen LogP) is 5.18. The summed E-state index contributed by atoms with van der Waals surface area (Å²) in [5, 5.41) is 5.17. The number of hydrogen-bond acceptors (Lipinski definition) is 5. The molecule has 3 aliphatic rings. The molecule has 13 heteroatoms. The van der Waals surface area contributed by atoms with Gasteiger partial charge < -0.3 is 15.4 Å². The lowest BCUT2D eigenvalue weighted by molar-refractivity contribution is -0.137. The number of carbonyl (C=O) groups excluding carboxylic acids is 4. The molecule has 3 amide bonds. The number of rotatable bonds is 5. The topological polar surface area (TPSA) is 114 Å². The smallest absolute Gasteiger partial charge is 0.416 e. The molecule has 214 valence electrons. The number of hydrogen-bond donors (Lipinski definition) is 2. The third-order valence-electron chi connectivity index (χ3n) is 7.32. The van der Waals surface area contributed by atoms with E-state index in [-0.39, 0.29) is 63.5 Å². The lowest BCUT2D eigenvalue weighted by Gasteiger charge is -2.26. The van der Waals surface area contributed by atoms with Gasteiger partial charge in [-0.05, 0) is 61.7 Å². The molecule has 2 N–H and O–H groups in total. The minimum atomic E-state index is -4.94. The first-order valence-electron chi connectivity index (χ1n) is 12.7. The molecule has 0 unspecified atom stereocenters. The van der Waals surface area contributed by atoms with E-state index >= 15 is 0 Å². The molecule has 1 aliphatic carbocycles. The maximum Gasteiger partial charge on any atom is 0.416 e. The van der Waals surface area contributed by atoms with E-state index in [0.29, 0.717) is 12.1 Å². The molecule has 2 aliphatic heterocycles. The Morgan fingerprint density at radius 1 is 0.905 bits per heavy atom. The molecule has 2 heterocycles. The normalized spacial score (nSPS) is 15.9. The lowest BCUT2D eigenvalue weighted by atomic mass is 9.90. The largest absolute Gasteiger partial charge is 0.457 e. The zero-order valence-corrected chi connectivity index (χ0v) is 21.3. The highest BCUT2D eigenvalue weighted by molar-refractivity contribution is 6.32. The molecule has 0 spiro atoms. The molecular formula is C29H18F5N3O5. The highest BCUT2D eigenvalue weighted by Crippen LogP contribution is 2.36. The summed E-state index contributed by atoms with van der Waals surface area (Å²) in [5.41, 5.74) is -2.96. The summed E-state index contributed by atoms with van der Waals surface area (Å²) in [6, 6.07) is 5.88. The van der Waals surface area contributed by atoms with Gasteiger partial charge in [-0.2, -0.15) is 13.2 Å². The Morgan fingerprint density at radius 3 is 2.33 bits per heavy atom. The summed E-state index contributed by atoms with van der Waals surface area (Å²) in [5.74, 6) is -5.51.